The fourth-order valence-electron chi connectivity index (χ4n) is 2.21. The summed E-state index contributed by atoms with van der Waals surface area (Å²) in [4.78, 5) is 0. The predicted octanol–water partition coefficient (Wildman–Crippen LogP) is 3.09. The topological polar surface area (TPSA) is 52.0 Å². The van der Waals surface area contributed by atoms with Gasteiger partial charge in [-0.2, -0.15) is 13.2 Å². The maximum atomic E-state index is 12.4. The first-order chi connectivity index (χ1) is 7.47. The maximum Gasteiger partial charge on any atom is 0.391 e. The van der Waals surface area contributed by atoms with Crippen LogP contribution in [0.3, 0.4) is 0 Å². The SMILES string of the molecule is Nc1cc(C2CCC(C(F)(F)F)CC2)no1. The van der Waals surface area contributed by atoms with Crippen LogP contribution in [0, 0.1) is 5.92 Å². The Balaban J connectivity index is 1.95. The molecule has 3 nitrogen and oxygen atoms in total. The van der Waals surface area contributed by atoms with Gasteiger partial charge in [-0.3, -0.25) is 0 Å². The van der Waals surface area contributed by atoms with E-state index in [2.05, 4.69) is 5.16 Å². The van der Waals surface area contributed by atoms with Crippen LogP contribution in [0.25, 0.3) is 0 Å². The van der Waals surface area contributed by atoms with Gasteiger partial charge in [-0.25, -0.2) is 0 Å². The summed E-state index contributed by atoms with van der Waals surface area (Å²) in [5.41, 5.74) is 6.05. The van der Waals surface area contributed by atoms with E-state index in [4.69, 9.17) is 10.3 Å². The summed E-state index contributed by atoms with van der Waals surface area (Å²) in [7, 11) is 0. The van der Waals surface area contributed by atoms with E-state index in [9.17, 15) is 13.2 Å². The summed E-state index contributed by atoms with van der Waals surface area (Å²) < 4.78 is 42.0. The van der Waals surface area contributed by atoms with Gasteiger partial charge in [0.25, 0.3) is 0 Å². The number of nitrogens with zero attached hydrogens (tertiary/aromatic N) is 1. The van der Waals surface area contributed by atoms with Crippen LogP contribution in [0.1, 0.15) is 37.3 Å². The van der Waals surface area contributed by atoms with Crippen LogP contribution >= 0.6 is 0 Å². The summed E-state index contributed by atoms with van der Waals surface area (Å²) in [6, 6.07) is 1.60. The Morgan fingerprint density at radius 3 is 2.31 bits per heavy atom. The molecule has 0 aliphatic heterocycles. The molecule has 0 atom stereocenters. The Morgan fingerprint density at radius 1 is 1.25 bits per heavy atom. The molecule has 1 saturated carbocycles. The number of nitrogens with two attached hydrogens (primary N) is 1. The summed E-state index contributed by atoms with van der Waals surface area (Å²) in [5, 5.41) is 3.75. The first-order valence-electron chi connectivity index (χ1n) is 5.25. The quantitative estimate of drug-likeness (QED) is 0.812. The Kier molecular flexibility index (Phi) is 2.82. The molecule has 1 heterocycles. The Labute approximate surface area is 90.8 Å². The molecule has 2 N–H and O–H groups in total. The summed E-state index contributed by atoms with van der Waals surface area (Å²) in [6.07, 6.45) is -2.73. The van der Waals surface area contributed by atoms with Crippen LogP contribution in [0.5, 0.6) is 0 Å². The number of nitrogen functional groups attached to an aromatic ring is 1. The Morgan fingerprint density at radius 2 is 1.88 bits per heavy atom. The van der Waals surface area contributed by atoms with Crippen molar-refractivity contribution in [2.24, 2.45) is 5.92 Å². The van der Waals surface area contributed by atoms with Crippen LogP contribution in [0.2, 0.25) is 0 Å². The van der Waals surface area contributed by atoms with Gasteiger partial charge in [-0.1, -0.05) is 5.16 Å². The average Bonchev–Trinajstić information content (AvgIpc) is 2.64. The zero-order valence-electron chi connectivity index (χ0n) is 8.63. The number of alkyl halides is 3. The molecule has 0 radical (unpaired) electrons. The zero-order valence-corrected chi connectivity index (χ0v) is 8.63. The van der Waals surface area contributed by atoms with Crippen molar-refractivity contribution in [2.45, 2.75) is 37.8 Å². The molecule has 1 aromatic heterocycles. The van der Waals surface area contributed by atoms with Gasteiger partial charge in [0.2, 0.25) is 5.88 Å². The third-order valence-corrected chi connectivity index (χ3v) is 3.15. The lowest BCUT2D eigenvalue weighted by molar-refractivity contribution is -0.182. The smallest absolute Gasteiger partial charge is 0.368 e. The molecule has 6 heteroatoms. The Bertz CT molecular complexity index is 353. The van der Waals surface area contributed by atoms with Crippen molar-refractivity contribution in [3.8, 4) is 0 Å². The molecule has 16 heavy (non-hydrogen) atoms. The van der Waals surface area contributed by atoms with E-state index >= 15 is 0 Å². The predicted molar refractivity (Wildman–Crippen MR) is 51.7 cm³/mol. The minimum Gasteiger partial charge on any atom is -0.368 e. The van der Waals surface area contributed by atoms with E-state index in [1.54, 1.807) is 6.07 Å². The van der Waals surface area contributed by atoms with Crippen LogP contribution in [0.4, 0.5) is 19.1 Å². The van der Waals surface area contributed by atoms with Crippen molar-refractivity contribution in [3.05, 3.63) is 11.8 Å². The highest BCUT2D eigenvalue weighted by atomic mass is 19.4. The molecule has 1 aliphatic rings. The van der Waals surface area contributed by atoms with Gasteiger partial charge in [-0.15, -0.1) is 0 Å². The van der Waals surface area contributed by atoms with Crippen LogP contribution < -0.4 is 5.73 Å². The summed E-state index contributed by atoms with van der Waals surface area (Å²) in [6.45, 7) is 0. The molecular formula is C10H13F3N2O. The standard InChI is InChI=1S/C10H13F3N2O/c11-10(12,13)7-3-1-6(2-4-7)8-5-9(14)16-15-8/h5-7H,1-4,14H2. The molecule has 2 rings (SSSR count). The lowest BCUT2D eigenvalue weighted by Crippen LogP contribution is -2.27. The normalized spacial score (nSPS) is 26.9. The van der Waals surface area contributed by atoms with Crippen LogP contribution in [-0.4, -0.2) is 11.3 Å². The lowest BCUT2D eigenvalue weighted by atomic mass is 9.80. The summed E-state index contributed by atoms with van der Waals surface area (Å²) >= 11 is 0. The molecule has 0 unspecified atom stereocenters. The first-order valence-corrected chi connectivity index (χ1v) is 5.25. The minimum atomic E-state index is -4.06. The third kappa shape index (κ3) is 2.31. The fourth-order valence-corrected chi connectivity index (χ4v) is 2.21. The van der Waals surface area contributed by atoms with Gasteiger partial charge in [0, 0.05) is 12.0 Å². The molecule has 1 aliphatic carbocycles. The first kappa shape index (κ1) is 11.3. The second kappa shape index (κ2) is 3.99. The lowest BCUT2D eigenvalue weighted by Gasteiger charge is -2.28. The number of hydrogen-bond acceptors (Lipinski definition) is 3. The monoisotopic (exact) mass is 234 g/mol. The van der Waals surface area contributed by atoms with Crippen molar-refractivity contribution < 1.29 is 17.7 Å². The van der Waals surface area contributed by atoms with E-state index in [1.165, 1.54) is 0 Å². The summed E-state index contributed by atoms with van der Waals surface area (Å²) in [5.74, 6) is -0.888. The fraction of sp³-hybridized carbons (Fsp3) is 0.700. The molecule has 0 saturated heterocycles. The third-order valence-electron chi connectivity index (χ3n) is 3.15. The molecule has 0 amide bonds. The second-order valence-corrected chi connectivity index (χ2v) is 4.24. The van der Waals surface area contributed by atoms with Crippen LogP contribution in [0.15, 0.2) is 10.6 Å². The van der Waals surface area contributed by atoms with Gasteiger partial charge in [-0.05, 0) is 25.7 Å². The number of aromatic nitrogens is 1. The zero-order chi connectivity index (χ0) is 11.8. The van der Waals surface area contributed by atoms with Gasteiger partial charge in [0.05, 0.1) is 11.6 Å². The average molecular weight is 234 g/mol. The Hall–Kier alpha value is -1.20. The van der Waals surface area contributed by atoms with E-state index in [-0.39, 0.29) is 24.6 Å². The molecule has 0 bridgehead atoms. The van der Waals surface area contributed by atoms with Crippen molar-refractivity contribution in [3.63, 3.8) is 0 Å². The number of anilines is 1. The number of halogens is 3. The largest absolute Gasteiger partial charge is 0.391 e. The number of hydrogen-bond donors (Lipinski definition) is 1. The van der Waals surface area contributed by atoms with Gasteiger partial charge in [0.1, 0.15) is 0 Å². The van der Waals surface area contributed by atoms with Crippen molar-refractivity contribution in [1.29, 1.82) is 0 Å². The van der Waals surface area contributed by atoms with Crippen molar-refractivity contribution in [1.82, 2.24) is 5.16 Å². The van der Waals surface area contributed by atoms with Crippen molar-refractivity contribution >= 4 is 5.88 Å². The molecule has 1 fully saturated rings. The second-order valence-electron chi connectivity index (χ2n) is 4.24. The van der Waals surface area contributed by atoms with Crippen molar-refractivity contribution in [2.75, 3.05) is 5.73 Å². The van der Waals surface area contributed by atoms with Crippen LogP contribution in [-0.2, 0) is 0 Å². The van der Waals surface area contributed by atoms with E-state index < -0.39 is 12.1 Å². The highest BCUT2D eigenvalue weighted by Crippen LogP contribution is 2.42. The maximum absolute atomic E-state index is 12.4. The van der Waals surface area contributed by atoms with E-state index in [0.717, 1.165) is 0 Å². The van der Waals surface area contributed by atoms with E-state index in [0.29, 0.717) is 18.5 Å². The minimum absolute atomic E-state index is 0.0552. The van der Waals surface area contributed by atoms with Gasteiger partial charge < -0.3 is 10.3 Å². The molecule has 1 aromatic rings. The molecule has 0 aromatic carbocycles. The number of rotatable bonds is 1. The van der Waals surface area contributed by atoms with Gasteiger partial charge in [0.15, 0.2) is 0 Å². The van der Waals surface area contributed by atoms with Gasteiger partial charge >= 0.3 is 6.18 Å². The highest BCUT2D eigenvalue weighted by Gasteiger charge is 2.41. The highest BCUT2D eigenvalue weighted by molar-refractivity contribution is 5.26. The molecule has 0 spiro atoms. The molecular weight excluding hydrogens is 221 g/mol. The molecule has 90 valence electrons. The van der Waals surface area contributed by atoms with E-state index in [1.807, 2.05) is 0 Å².